The fraction of sp³-hybridized carbons (Fsp3) is 0.353. The number of aromatic nitrogens is 4. The smallest absolute Gasteiger partial charge is 0.321 e. The number of nitrogens with zero attached hydrogens (tertiary/aromatic N) is 4. The van der Waals surface area contributed by atoms with Crippen molar-refractivity contribution < 1.29 is 9.59 Å². The van der Waals surface area contributed by atoms with Crippen LogP contribution in [0.4, 0.5) is 4.79 Å². The number of amides is 3. The maximum Gasteiger partial charge on any atom is 0.321 e. The highest BCUT2D eigenvalue weighted by molar-refractivity contribution is 8.00. The monoisotopic (exact) mass is 372 g/mol. The minimum absolute atomic E-state index is 0.400. The summed E-state index contributed by atoms with van der Waals surface area (Å²) in [5.41, 5.74) is 2.57. The van der Waals surface area contributed by atoms with Crippen LogP contribution in [0.5, 0.6) is 0 Å². The number of nitrogens with one attached hydrogen (secondary N) is 2. The summed E-state index contributed by atoms with van der Waals surface area (Å²) in [6, 6.07) is 7.46. The van der Waals surface area contributed by atoms with Gasteiger partial charge in [0.25, 0.3) is 0 Å². The second-order valence-corrected chi connectivity index (χ2v) is 7.07. The average Bonchev–Trinajstić information content (AvgIpc) is 2.95. The van der Waals surface area contributed by atoms with Gasteiger partial charge in [-0.1, -0.05) is 36.9 Å². The molecule has 0 saturated carbocycles. The van der Waals surface area contributed by atoms with Crippen molar-refractivity contribution in [3.63, 3.8) is 0 Å². The lowest BCUT2D eigenvalue weighted by molar-refractivity contribution is -0.119. The van der Waals surface area contributed by atoms with Gasteiger partial charge in [-0.2, -0.15) is 0 Å². The minimum Gasteiger partial charge on any atom is -0.341 e. The number of benzene rings is 1. The molecule has 3 rings (SSSR count). The first-order valence-corrected chi connectivity index (χ1v) is 9.24. The number of para-hydroxylation sites is 1. The normalized spacial score (nSPS) is 12.3. The molecule has 8 nitrogen and oxygen atoms in total. The molecule has 2 N–H and O–H groups in total. The van der Waals surface area contributed by atoms with Gasteiger partial charge in [-0.05, 0) is 19.4 Å². The zero-order valence-corrected chi connectivity index (χ0v) is 15.6. The summed E-state index contributed by atoms with van der Waals surface area (Å²) in [7, 11) is 1.45. The molecule has 0 aliphatic rings. The summed E-state index contributed by atoms with van der Waals surface area (Å²) < 4.78 is 2.12. The lowest BCUT2D eigenvalue weighted by Gasteiger charge is -2.10. The Labute approximate surface area is 154 Å². The third-order valence-corrected chi connectivity index (χ3v) is 4.87. The van der Waals surface area contributed by atoms with Crippen LogP contribution in [0.3, 0.4) is 0 Å². The summed E-state index contributed by atoms with van der Waals surface area (Å²) >= 11 is 1.17. The first-order chi connectivity index (χ1) is 12.5. The zero-order chi connectivity index (χ0) is 18.7. The Kier molecular flexibility index (Phi) is 5.36. The van der Waals surface area contributed by atoms with Crippen molar-refractivity contribution in [3.05, 3.63) is 24.3 Å². The maximum atomic E-state index is 12.0. The molecule has 26 heavy (non-hydrogen) atoms. The van der Waals surface area contributed by atoms with Gasteiger partial charge in [0.05, 0.1) is 10.8 Å². The molecule has 0 fully saturated rings. The molecule has 0 aliphatic heterocycles. The number of fused-ring (bicyclic) bond motifs is 3. The predicted octanol–water partition coefficient (Wildman–Crippen LogP) is 2.33. The van der Waals surface area contributed by atoms with E-state index in [1.807, 2.05) is 24.3 Å². The van der Waals surface area contributed by atoms with E-state index in [1.54, 1.807) is 6.92 Å². The van der Waals surface area contributed by atoms with Gasteiger partial charge in [-0.25, -0.2) is 9.78 Å². The molecular weight excluding hydrogens is 352 g/mol. The standard InChI is InChI=1S/C17H20N6O2S/c1-4-9-23-12-8-6-5-7-11(12)13-14(23)19-17(22-21-13)26-10(2)15(24)20-16(25)18-3/h5-8,10H,4,9H2,1-3H3,(H2,18,20,24,25)/t10-/m1/s1. The van der Waals surface area contributed by atoms with Crippen LogP contribution in [-0.4, -0.2) is 44.0 Å². The van der Waals surface area contributed by atoms with Crippen molar-refractivity contribution >= 4 is 45.8 Å². The number of aryl methyl sites for hydroxylation is 1. The van der Waals surface area contributed by atoms with E-state index in [9.17, 15) is 9.59 Å². The van der Waals surface area contributed by atoms with Gasteiger partial charge in [0, 0.05) is 19.0 Å². The number of rotatable bonds is 5. The molecular formula is C17H20N6O2S. The third-order valence-electron chi connectivity index (χ3n) is 3.92. The van der Waals surface area contributed by atoms with Crippen LogP contribution >= 0.6 is 11.8 Å². The topological polar surface area (TPSA) is 102 Å². The molecule has 1 atom stereocenters. The second kappa shape index (κ2) is 7.69. The van der Waals surface area contributed by atoms with Gasteiger partial charge < -0.3 is 9.88 Å². The van der Waals surface area contributed by atoms with Gasteiger partial charge in [0.2, 0.25) is 11.1 Å². The molecule has 0 spiro atoms. The fourth-order valence-corrected chi connectivity index (χ4v) is 3.39. The summed E-state index contributed by atoms with van der Waals surface area (Å²) in [5, 5.41) is 14.0. The van der Waals surface area contributed by atoms with Crippen molar-refractivity contribution in [2.75, 3.05) is 7.05 Å². The third kappa shape index (κ3) is 3.48. The Morgan fingerprint density at radius 2 is 2.04 bits per heavy atom. The molecule has 2 heterocycles. The number of imide groups is 1. The molecule has 9 heteroatoms. The van der Waals surface area contributed by atoms with Crippen molar-refractivity contribution in [2.45, 2.75) is 37.2 Å². The summed E-state index contributed by atoms with van der Waals surface area (Å²) in [6.07, 6.45) is 0.963. The van der Waals surface area contributed by atoms with E-state index in [4.69, 9.17) is 0 Å². The number of hydrogen-bond donors (Lipinski definition) is 2. The molecule has 3 amide bonds. The SMILES string of the molecule is CCCn1c2ccccc2c2nnc(S[C@H](C)C(=O)NC(=O)NC)nc21. The molecule has 3 aromatic rings. The Hall–Kier alpha value is -2.68. The Morgan fingerprint density at radius 3 is 2.77 bits per heavy atom. The molecule has 0 aliphatic carbocycles. The van der Waals surface area contributed by atoms with Crippen LogP contribution in [0.2, 0.25) is 0 Å². The Bertz CT molecular complexity index is 970. The minimum atomic E-state index is -0.542. The summed E-state index contributed by atoms with van der Waals surface area (Å²) in [6.45, 7) is 4.62. The van der Waals surface area contributed by atoms with Crippen LogP contribution in [0.1, 0.15) is 20.3 Å². The van der Waals surface area contributed by atoms with Crippen LogP contribution in [0.25, 0.3) is 22.1 Å². The summed E-state index contributed by atoms with van der Waals surface area (Å²) in [5.74, 6) is -0.410. The van der Waals surface area contributed by atoms with Gasteiger partial charge in [0.15, 0.2) is 5.65 Å². The Balaban J connectivity index is 1.93. The van der Waals surface area contributed by atoms with Gasteiger partial charge in [-0.15, -0.1) is 10.2 Å². The quantitative estimate of drug-likeness (QED) is 0.667. The van der Waals surface area contributed by atoms with E-state index >= 15 is 0 Å². The van der Waals surface area contributed by atoms with Gasteiger partial charge in [-0.3, -0.25) is 10.1 Å². The number of hydrogen-bond acceptors (Lipinski definition) is 6. The van der Waals surface area contributed by atoms with E-state index < -0.39 is 17.2 Å². The van der Waals surface area contributed by atoms with Crippen LogP contribution < -0.4 is 10.6 Å². The zero-order valence-electron chi connectivity index (χ0n) is 14.8. The first kappa shape index (κ1) is 18.1. The van der Waals surface area contributed by atoms with Crippen molar-refractivity contribution in [1.82, 2.24) is 30.4 Å². The number of carbonyl (C=O) groups excluding carboxylic acids is 2. The van der Waals surface area contributed by atoms with E-state index in [-0.39, 0.29) is 0 Å². The van der Waals surface area contributed by atoms with Crippen molar-refractivity contribution in [1.29, 1.82) is 0 Å². The number of carbonyl (C=O) groups is 2. The maximum absolute atomic E-state index is 12.0. The van der Waals surface area contributed by atoms with E-state index in [0.29, 0.717) is 5.16 Å². The predicted molar refractivity (Wildman–Crippen MR) is 101 cm³/mol. The van der Waals surface area contributed by atoms with E-state index in [0.717, 1.165) is 35.0 Å². The highest BCUT2D eigenvalue weighted by atomic mass is 32.2. The first-order valence-electron chi connectivity index (χ1n) is 8.36. The second-order valence-electron chi connectivity index (χ2n) is 5.76. The fourth-order valence-electron chi connectivity index (χ4n) is 2.68. The van der Waals surface area contributed by atoms with E-state index in [1.165, 1.54) is 18.8 Å². The lowest BCUT2D eigenvalue weighted by atomic mass is 10.2. The summed E-state index contributed by atoms with van der Waals surface area (Å²) in [4.78, 5) is 27.9. The van der Waals surface area contributed by atoms with Crippen LogP contribution in [0.15, 0.2) is 29.4 Å². The van der Waals surface area contributed by atoms with Gasteiger partial charge in [0.1, 0.15) is 5.52 Å². The molecule has 1 aromatic carbocycles. The molecule has 0 unspecified atom stereocenters. The largest absolute Gasteiger partial charge is 0.341 e. The molecule has 0 radical (unpaired) electrons. The highest BCUT2D eigenvalue weighted by Gasteiger charge is 2.20. The molecule has 0 saturated heterocycles. The lowest BCUT2D eigenvalue weighted by Crippen LogP contribution is -2.41. The molecule has 136 valence electrons. The highest BCUT2D eigenvalue weighted by Crippen LogP contribution is 2.28. The molecule has 0 bridgehead atoms. The van der Waals surface area contributed by atoms with Crippen LogP contribution in [0, 0.1) is 0 Å². The van der Waals surface area contributed by atoms with Crippen LogP contribution in [-0.2, 0) is 11.3 Å². The van der Waals surface area contributed by atoms with Crippen molar-refractivity contribution in [3.8, 4) is 0 Å². The Morgan fingerprint density at radius 1 is 1.27 bits per heavy atom. The number of thioether (sulfide) groups is 1. The van der Waals surface area contributed by atoms with Gasteiger partial charge >= 0.3 is 6.03 Å². The van der Waals surface area contributed by atoms with E-state index in [2.05, 4.69) is 37.3 Å². The number of urea groups is 1. The molecule has 2 aromatic heterocycles. The van der Waals surface area contributed by atoms with Crippen molar-refractivity contribution in [2.24, 2.45) is 0 Å². The average molecular weight is 372 g/mol.